The maximum atomic E-state index is 12.7. The molecule has 4 unspecified atom stereocenters. The number of imide groups is 1. The van der Waals surface area contributed by atoms with Gasteiger partial charge in [0.2, 0.25) is 17.7 Å². The maximum Gasteiger partial charge on any atom is 0.246 e. The number of guanidine groups is 1. The summed E-state index contributed by atoms with van der Waals surface area (Å²) in [5.41, 5.74) is 0.718. The van der Waals surface area contributed by atoms with Gasteiger partial charge in [0.15, 0.2) is 5.96 Å². The van der Waals surface area contributed by atoms with Gasteiger partial charge >= 0.3 is 0 Å². The van der Waals surface area contributed by atoms with E-state index in [9.17, 15) is 14.4 Å². The van der Waals surface area contributed by atoms with E-state index in [1.165, 1.54) is 4.90 Å². The monoisotopic (exact) mass is 537 g/mol. The molecule has 3 N–H and O–H groups in total. The smallest absolute Gasteiger partial charge is 0.246 e. The normalized spacial score (nSPS) is 26.0. The molecule has 2 fully saturated rings. The highest BCUT2D eigenvalue weighted by atomic mass is 127. The molecule has 9 heteroatoms. The van der Waals surface area contributed by atoms with Crippen LogP contribution in [0.25, 0.3) is 0 Å². The van der Waals surface area contributed by atoms with E-state index in [0.717, 1.165) is 12.1 Å². The molecule has 0 aromatic heterocycles. The van der Waals surface area contributed by atoms with Crippen LogP contribution in [-0.4, -0.2) is 54.8 Å². The number of fused-ring (bicyclic) bond motifs is 5. The summed E-state index contributed by atoms with van der Waals surface area (Å²) in [4.78, 5) is 43.2. The molecule has 4 atom stereocenters. The number of aliphatic imine (C=N–C) groups is 1. The van der Waals surface area contributed by atoms with Crippen LogP contribution in [0.1, 0.15) is 13.3 Å². The number of rotatable bonds is 7. The first kappa shape index (κ1) is 23.2. The van der Waals surface area contributed by atoms with Crippen LogP contribution in [0.5, 0.6) is 0 Å². The van der Waals surface area contributed by atoms with Crippen molar-refractivity contribution < 1.29 is 14.4 Å². The zero-order valence-electron chi connectivity index (χ0n) is 17.4. The fourth-order valence-corrected chi connectivity index (χ4v) is 4.69. The number of likely N-dealkylation sites (tertiary alicyclic amines) is 1. The SMILES string of the molecule is CCNC(=NCC(=O)Nc1ccccc1)NCCN1C(=O)C2C3C=CC(C3)C2C1=O.I. The molecule has 8 nitrogen and oxygen atoms in total. The number of allylic oxidation sites excluding steroid dienone is 2. The minimum Gasteiger partial charge on any atom is -0.357 e. The summed E-state index contributed by atoms with van der Waals surface area (Å²) in [5, 5.41) is 8.97. The maximum absolute atomic E-state index is 12.7. The number of benzene rings is 1. The number of carbonyl (C=O) groups excluding carboxylic acids is 3. The van der Waals surface area contributed by atoms with Gasteiger partial charge in [0.05, 0.1) is 11.8 Å². The van der Waals surface area contributed by atoms with Crippen LogP contribution in [0.4, 0.5) is 5.69 Å². The Bertz CT molecular complexity index is 858. The van der Waals surface area contributed by atoms with Gasteiger partial charge in [0.25, 0.3) is 0 Å². The van der Waals surface area contributed by atoms with Gasteiger partial charge < -0.3 is 16.0 Å². The van der Waals surface area contributed by atoms with E-state index in [2.05, 4.69) is 33.1 Å². The van der Waals surface area contributed by atoms with Crippen LogP contribution in [0.2, 0.25) is 0 Å². The quantitative estimate of drug-likeness (QED) is 0.161. The van der Waals surface area contributed by atoms with Gasteiger partial charge in [-0.2, -0.15) is 0 Å². The van der Waals surface area contributed by atoms with Crippen molar-refractivity contribution in [2.45, 2.75) is 13.3 Å². The fraction of sp³-hybridized carbons (Fsp3) is 0.455. The lowest BCUT2D eigenvalue weighted by Crippen LogP contribution is -2.44. The highest BCUT2D eigenvalue weighted by Crippen LogP contribution is 2.52. The molecule has 2 bridgehead atoms. The lowest BCUT2D eigenvalue weighted by Gasteiger charge is -2.18. The molecule has 1 heterocycles. The summed E-state index contributed by atoms with van der Waals surface area (Å²) < 4.78 is 0. The Hall–Kier alpha value is -2.43. The average Bonchev–Trinajstić information content (AvgIpc) is 3.42. The van der Waals surface area contributed by atoms with Gasteiger partial charge in [-0.05, 0) is 37.3 Å². The number of nitrogens with one attached hydrogen (secondary N) is 3. The molecule has 1 aromatic rings. The second-order valence-electron chi connectivity index (χ2n) is 7.86. The lowest BCUT2D eigenvalue weighted by molar-refractivity contribution is -0.140. The highest BCUT2D eigenvalue weighted by Gasteiger charge is 2.58. The molecule has 31 heavy (non-hydrogen) atoms. The fourth-order valence-electron chi connectivity index (χ4n) is 4.69. The van der Waals surface area contributed by atoms with Gasteiger partial charge in [-0.15, -0.1) is 24.0 Å². The van der Waals surface area contributed by atoms with Crippen molar-refractivity contribution in [3.05, 3.63) is 42.5 Å². The Balaban J connectivity index is 0.00000272. The van der Waals surface area contributed by atoms with Crippen LogP contribution in [0.15, 0.2) is 47.5 Å². The lowest BCUT2D eigenvalue weighted by atomic mass is 9.85. The Labute approximate surface area is 198 Å². The number of hydrogen-bond acceptors (Lipinski definition) is 4. The van der Waals surface area contributed by atoms with E-state index in [0.29, 0.717) is 25.6 Å². The number of para-hydroxylation sites is 1. The molecule has 166 valence electrons. The van der Waals surface area contributed by atoms with Crippen LogP contribution in [-0.2, 0) is 14.4 Å². The largest absolute Gasteiger partial charge is 0.357 e. The number of nitrogens with zero attached hydrogens (tertiary/aromatic N) is 2. The van der Waals surface area contributed by atoms with Crippen molar-refractivity contribution in [3.63, 3.8) is 0 Å². The molecule has 1 saturated carbocycles. The van der Waals surface area contributed by atoms with E-state index in [1.807, 2.05) is 37.3 Å². The van der Waals surface area contributed by atoms with Gasteiger partial charge in [-0.1, -0.05) is 30.4 Å². The number of anilines is 1. The Morgan fingerprint density at radius 2 is 1.71 bits per heavy atom. The molecule has 4 rings (SSSR count). The number of hydrogen-bond donors (Lipinski definition) is 3. The van der Waals surface area contributed by atoms with Crippen molar-refractivity contribution in [3.8, 4) is 0 Å². The average molecular weight is 537 g/mol. The van der Waals surface area contributed by atoms with Crippen molar-refractivity contribution in [1.29, 1.82) is 0 Å². The van der Waals surface area contributed by atoms with E-state index in [4.69, 9.17) is 0 Å². The van der Waals surface area contributed by atoms with E-state index in [-0.39, 0.29) is 71.9 Å². The highest BCUT2D eigenvalue weighted by molar-refractivity contribution is 14.0. The van der Waals surface area contributed by atoms with Crippen LogP contribution in [0.3, 0.4) is 0 Å². The van der Waals surface area contributed by atoms with Crippen LogP contribution in [0, 0.1) is 23.7 Å². The number of amides is 3. The van der Waals surface area contributed by atoms with Crippen molar-refractivity contribution in [2.75, 3.05) is 31.5 Å². The zero-order chi connectivity index (χ0) is 21.1. The predicted octanol–water partition coefficient (Wildman–Crippen LogP) is 1.61. The first-order chi connectivity index (χ1) is 14.6. The van der Waals surface area contributed by atoms with E-state index >= 15 is 0 Å². The van der Waals surface area contributed by atoms with Crippen molar-refractivity contribution >= 4 is 53.3 Å². The Morgan fingerprint density at radius 1 is 1.06 bits per heavy atom. The van der Waals surface area contributed by atoms with Crippen molar-refractivity contribution in [2.24, 2.45) is 28.7 Å². The summed E-state index contributed by atoms with van der Waals surface area (Å²) in [7, 11) is 0. The summed E-state index contributed by atoms with van der Waals surface area (Å²) in [6.07, 6.45) is 5.12. The summed E-state index contributed by atoms with van der Waals surface area (Å²) >= 11 is 0. The van der Waals surface area contributed by atoms with Gasteiger partial charge in [0.1, 0.15) is 6.54 Å². The molecule has 2 aliphatic carbocycles. The third-order valence-corrected chi connectivity index (χ3v) is 5.97. The molecule has 0 radical (unpaired) electrons. The first-order valence-corrected chi connectivity index (χ1v) is 10.5. The van der Waals surface area contributed by atoms with Gasteiger partial charge in [-0.25, -0.2) is 4.99 Å². The third-order valence-electron chi connectivity index (χ3n) is 5.97. The van der Waals surface area contributed by atoms with Gasteiger partial charge in [-0.3, -0.25) is 19.3 Å². The zero-order valence-corrected chi connectivity index (χ0v) is 19.7. The molecule has 3 aliphatic rings. The minimum absolute atomic E-state index is 0. The van der Waals surface area contributed by atoms with Crippen molar-refractivity contribution in [1.82, 2.24) is 15.5 Å². The van der Waals surface area contributed by atoms with Gasteiger partial charge in [0, 0.05) is 25.3 Å². The molecule has 3 amide bonds. The summed E-state index contributed by atoms with van der Waals surface area (Å²) in [6, 6.07) is 9.20. The molecule has 1 aromatic carbocycles. The molecular formula is C22H28IN5O3. The standard InChI is InChI=1S/C22H27N5O3.HI/c1-2-23-22(25-13-17(28)26-16-6-4-3-5-7-16)24-10-11-27-20(29)18-14-8-9-15(12-14)19(18)21(27)30;/h3-9,14-15,18-19H,2,10-13H2,1H3,(H,26,28)(H2,23,24,25);1H. The predicted molar refractivity (Wildman–Crippen MR) is 129 cm³/mol. The molecular weight excluding hydrogens is 509 g/mol. The summed E-state index contributed by atoms with van der Waals surface area (Å²) in [5.74, 6) is 0.251. The molecule has 0 spiro atoms. The number of halogens is 1. The Morgan fingerprint density at radius 3 is 2.32 bits per heavy atom. The van der Waals surface area contributed by atoms with Crippen LogP contribution >= 0.6 is 24.0 Å². The third kappa shape index (κ3) is 4.91. The van der Waals surface area contributed by atoms with E-state index < -0.39 is 0 Å². The molecule has 1 saturated heterocycles. The molecule has 1 aliphatic heterocycles. The second kappa shape index (κ2) is 10.3. The number of carbonyl (C=O) groups is 3. The topological polar surface area (TPSA) is 103 Å². The minimum atomic E-state index is -0.223. The van der Waals surface area contributed by atoms with E-state index in [1.54, 1.807) is 0 Å². The summed E-state index contributed by atoms with van der Waals surface area (Å²) in [6.45, 7) is 3.20. The Kier molecular flexibility index (Phi) is 7.69. The first-order valence-electron chi connectivity index (χ1n) is 10.5. The second-order valence-corrected chi connectivity index (χ2v) is 7.86. The van der Waals surface area contributed by atoms with Crippen LogP contribution < -0.4 is 16.0 Å².